The fourth-order valence-corrected chi connectivity index (χ4v) is 1.76. The van der Waals surface area contributed by atoms with Gasteiger partial charge in [0.1, 0.15) is 0 Å². The van der Waals surface area contributed by atoms with E-state index in [0.29, 0.717) is 31.6 Å². The number of nitrogens with zero attached hydrogens (tertiary/aromatic N) is 2. The van der Waals surface area contributed by atoms with Crippen LogP contribution in [0, 0.1) is 11.3 Å². The van der Waals surface area contributed by atoms with Crippen molar-refractivity contribution in [2.45, 2.75) is 51.3 Å². The minimum Gasteiger partial charge on any atom is -0.390 e. The van der Waals surface area contributed by atoms with Gasteiger partial charge in [0, 0.05) is 38.1 Å². The molecule has 1 rings (SSSR count). The monoisotopic (exact) mass is 225 g/mol. The number of aliphatic hydroxyl groups excluding tert-OH is 1. The van der Waals surface area contributed by atoms with E-state index in [2.05, 4.69) is 30.1 Å². The predicted molar refractivity (Wildman–Crippen MR) is 64.0 cm³/mol. The third-order valence-electron chi connectivity index (χ3n) is 2.78. The quantitative estimate of drug-likeness (QED) is 0.639. The molecule has 0 aromatic rings. The van der Waals surface area contributed by atoms with Gasteiger partial charge in [-0.2, -0.15) is 5.26 Å². The average molecular weight is 225 g/mol. The SMILES string of the molecule is CC(C)NCC(O)CN(CCC#N)C1CC1. The lowest BCUT2D eigenvalue weighted by Gasteiger charge is -2.24. The van der Waals surface area contributed by atoms with E-state index in [9.17, 15) is 5.11 Å². The molecule has 0 aliphatic heterocycles. The number of rotatable bonds is 8. The average Bonchev–Trinajstić information content (AvgIpc) is 3.05. The molecule has 2 N–H and O–H groups in total. The van der Waals surface area contributed by atoms with E-state index in [-0.39, 0.29) is 6.10 Å². The van der Waals surface area contributed by atoms with Crippen LogP contribution in [-0.2, 0) is 0 Å². The zero-order valence-electron chi connectivity index (χ0n) is 10.3. The van der Waals surface area contributed by atoms with E-state index in [1.165, 1.54) is 12.8 Å². The highest BCUT2D eigenvalue weighted by Crippen LogP contribution is 2.26. The van der Waals surface area contributed by atoms with Crippen molar-refractivity contribution in [3.8, 4) is 6.07 Å². The van der Waals surface area contributed by atoms with Crippen LogP contribution in [0.15, 0.2) is 0 Å². The van der Waals surface area contributed by atoms with Gasteiger partial charge in [0.05, 0.1) is 12.2 Å². The van der Waals surface area contributed by atoms with E-state index in [0.717, 1.165) is 6.54 Å². The van der Waals surface area contributed by atoms with Crippen LogP contribution in [-0.4, -0.2) is 47.8 Å². The smallest absolute Gasteiger partial charge is 0.0791 e. The minimum atomic E-state index is -0.332. The summed E-state index contributed by atoms with van der Waals surface area (Å²) >= 11 is 0. The Hall–Kier alpha value is -0.630. The maximum absolute atomic E-state index is 9.86. The van der Waals surface area contributed by atoms with Crippen molar-refractivity contribution in [2.75, 3.05) is 19.6 Å². The van der Waals surface area contributed by atoms with Crippen molar-refractivity contribution < 1.29 is 5.11 Å². The lowest BCUT2D eigenvalue weighted by Crippen LogP contribution is -2.41. The molecule has 1 aliphatic carbocycles. The lowest BCUT2D eigenvalue weighted by molar-refractivity contribution is 0.106. The van der Waals surface area contributed by atoms with Gasteiger partial charge in [-0.25, -0.2) is 0 Å². The van der Waals surface area contributed by atoms with Gasteiger partial charge < -0.3 is 10.4 Å². The zero-order chi connectivity index (χ0) is 12.0. The molecule has 0 spiro atoms. The zero-order valence-corrected chi connectivity index (χ0v) is 10.3. The molecule has 0 heterocycles. The van der Waals surface area contributed by atoms with Crippen molar-refractivity contribution in [2.24, 2.45) is 0 Å². The second kappa shape index (κ2) is 6.85. The summed E-state index contributed by atoms with van der Waals surface area (Å²) < 4.78 is 0. The van der Waals surface area contributed by atoms with Gasteiger partial charge in [-0.05, 0) is 12.8 Å². The van der Waals surface area contributed by atoms with Gasteiger partial charge >= 0.3 is 0 Å². The highest BCUT2D eigenvalue weighted by atomic mass is 16.3. The van der Waals surface area contributed by atoms with Crippen LogP contribution < -0.4 is 5.32 Å². The normalized spacial score (nSPS) is 17.8. The van der Waals surface area contributed by atoms with Crippen molar-refractivity contribution in [3.63, 3.8) is 0 Å². The molecule has 16 heavy (non-hydrogen) atoms. The number of hydrogen-bond donors (Lipinski definition) is 2. The van der Waals surface area contributed by atoms with Gasteiger partial charge in [-0.3, -0.25) is 4.90 Å². The van der Waals surface area contributed by atoms with Crippen LogP contribution in [0.25, 0.3) is 0 Å². The van der Waals surface area contributed by atoms with E-state index >= 15 is 0 Å². The Morgan fingerprint density at radius 3 is 2.69 bits per heavy atom. The van der Waals surface area contributed by atoms with Crippen molar-refractivity contribution in [3.05, 3.63) is 0 Å². The summed E-state index contributed by atoms with van der Waals surface area (Å²) in [5.41, 5.74) is 0. The van der Waals surface area contributed by atoms with E-state index in [1.54, 1.807) is 0 Å². The molecule has 1 atom stereocenters. The summed E-state index contributed by atoms with van der Waals surface area (Å²) in [7, 11) is 0. The van der Waals surface area contributed by atoms with Gasteiger partial charge in [-0.15, -0.1) is 0 Å². The van der Waals surface area contributed by atoms with Crippen LogP contribution in [0.4, 0.5) is 0 Å². The standard InChI is InChI=1S/C12H23N3O/c1-10(2)14-8-12(16)9-15(7-3-6-13)11-4-5-11/h10-12,14,16H,3-5,7-9H2,1-2H3. The molecule has 1 saturated carbocycles. The maximum atomic E-state index is 9.86. The molecule has 1 unspecified atom stereocenters. The largest absolute Gasteiger partial charge is 0.390 e. The molecule has 0 saturated heterocycles. The maximum Gasteiger partial charge on any atom is 0.0791 e. The third kappa shape index (κ3) is 5.45. The van der Waals surface area contributed by atoms with Gasteiger partial charge in [0.15, 0.2) is 0 Å². The molecule has 0 aromatic heterocycles. The molecule has 92 valence electrons. The number of aliphatic hydroxyl groups is 1. The predicted octanol–water partition coefficient (Wildman–Crippen LogP) is 0.723. The molecular formula is C12H23N3O. The van der Waals surface area contributed by atoms with Gasteiger partial charge in [0.25, 0.3) is 0 Å². The fraction of sp³-hybridized carbons (Fsp3) is 0.917. The molecule has 1 aliphatic rings. The minimum absolute atomic E-state index is 0.332. The molecule has 0 aromatic carbocycles. The summed E-state index contributed by atoms with van der Waals surface area (Å²) in [5.74, 6) is 0. The number of nitriles is 1. The van der Waals surface area contributed by atoms with Crippen LogP contribution in [0.1, 0.15) is 33.1 Å². The molecule has 0 amide bonds. The third-order valence-corrected chi connectivity index (χ3v) is 2.78. The Kier molecular flexibility index (Phi) is 5.75. The second-order valence-electron chi connectivity index (χ2n) is 4.85. The molecule has 4 nitrogen and oxygen atoms in total. The van der Waals surface area contributed by atoms with Crippen LogP contribution in [0.5, 0.6) is 0 Å². The molecule has 1 fully saturated rings. The molecular weight excluding hydrogens is 202 g/mol. The Balaban J connectivity index is 2.22. The van der Waals surface area contributed by atoms with Crippen LogP contribution in [0.3, 0.4) is 0 Å². The van der Waals surface area contributed by atoms with E-state index < -0.39 is 0 Å². The molecule has 4 heteroatoms. The fourth-order valence-electron chi connectivity index (χ4n) is 1.76. The van der Waals surface area contributed by atoms with Crippen LogP contribution in [0.2, 0.25) is 0 Å². The summed E-state index contributed by atoms with van der Waals surface area (Å²) in [4.78, 5) is 2.25. The first kappa shape index (κ1) is 13.4. The Morgan fingerprint density at radius 2 is 2.19 bits per heavy atom. The number of hydrogen-bond acceptors (Lipinski definition) is 4. The first-order valence-corrected chi connectivity index (χ1v) is 6.16. The summed E-state index contributed by atoms with van der Waals surface area (Å²) in [6, 6.07) is 3.18. The van der Waals surface area contributed by atoms with Crippen molar-refractivity contribution >= 4 is 0 Å². The van der Waals surface area contributed by atoms with E-state index in [4.69, 9.17) is 5.26 Å². The molecule has 0 radical (unpaired) electrons. The van der Waals surface area contributed by atoms with Crippen molar-refractivity contribution in [1.29, 1.82) is 5.26 Å². The van der Waals surface area contributed by atoms with Crippen LogP contribution >= 0.6 is 0 Å². The Bertz CT molecular complexity index is 233. The highest BCUT2D eigenvalue weighted by Gasteiger charge is 2.29. The topological polar surface area (TPSA) is 59.3 Å². The Morgan fingerprint density at radius 1 is 1.50 bits per heavy atom. The first-order valence-electron chi connectivity index (χ1n) is 6.16. The summed E-state index contributed by atoms with van der Waals surface area (Å²) in [6.45, 7) is 6.25. The lowest BCUT2D eigenvalue weighted by atomic mass is 10.2. The van der Waals surface area contributed by atoms with Gasteiger partial charge in [-0.1, -0.05) is 13.8 Å². The van der Waals surface area contributed by atoms with Gasteiger partial charge in [0.2, 0.25) is 0 Å². The highest BCUT2D eigenvalue weighted by molar-refractivity contribution is 4.87. The molecule has 0 bridgehead atoms. The summed E-state index contributed by atoms with van der Waals surface area (Å²) in [6.07, 6.45) is 2.66. The summed E-state index contributed by atoms with van der Waals surface area (Å²) in [5, 5.41) is 21.7. The second-order valence-corrected chi connectivity index (χ2v) is 4.85. The number of nitrogens with one attached hydrogen (secondary N) is 1. The van der Waals surface area contributed by atoms with E-state index in [1.807, 2.05) is 0 Å². The first-order chi connectivity index (χ1) is 7.63. The van der Waals surface area contributed by atoms with Crippen molar-refractivity contribution in [1.82, 2.24) is 10.2 Å². The Labute approximate surface area is 98.2 Å².